The van der Waals surface area contributed by atoms with Gasteiger partial charge in [0.05, 0.1) is 12.3 Å². The number of nitrogen functional groups attached to an aromatic ring is 1. The van der Waals surface area contributed by atoms with Crippen LogP contribution in [0.2, 0.25) is 0 Å². The lowest BCUT2D eigenvalue weighted by atomic mass is 9.97. The van der Waals surface area contributed by atoms with Crippen molar-refractivity contribution < 1.29 is 0 Å². The molecule has 0 bridgehead atoms. The van der Waals surface area contributed by atoms with Gasteiger partial charge >= 0.3 is 0 Å². The molecule has 1 aromatic heterocycles. The van der Waals surface area contributed by atoms with E-state index < -0.39 is 0 Å². The summed E-state index contributed by atoms with van der Waals surface area (Å²) in [4.78, 5) is 12.8. The molecule has 2 aromatic carbocycles. The van der Waals surface area contributed by atoms with Crippen molar-refractivity contribution in [2.75, 3.05) is 11.1 Å². The number of benzene rings is 2. The lowest BCUT2D eigenvalue weighted by molar-refractivity contribution is 1.11. The standard InChI is InChI=1S/C20H19N5/c1-12-3-4-14(9-13(12)2)19-17-10-16(6-5-15(17)11-23-19)24-18-7-8-22-20(21)25-18/h3-10H,11H2,1-2H3,(H3,21,22,24,25). The molecule has 3 aromatic rings. The second-order valence-electron chi connectivity index (χ2n) is 6.26. The van der Waals surface area contributed by atoms with Gasteiger partial charge in [-0.05, 0) is 54.8 Å². The minimum Gasteiger partial charge on any atom is -0.368 e. The molecule has 0 saturated carbocycles. The van der Waals surface area contributed by atoms with Gasteiger partial charge in [-0.15, -0.1) is 0 Å². The Morgan fingerprint density at radius 2 is 1.88 bits per heavy atom. The van der Waals surface area contributed by atoms with Crippen molar-refractivity contribution in [3.8, 4) is 0 Å². The molecule has 124 valence electrons. The molecule has 5 nitrogen and oxygen atoms in total. The lowest BCUT2D eigenvalue weighted by Gasteiger charge is -2.10. The first-order valence-corrected chi connectivity index (χ1v) is 8.21. The molecular formula is C20H19N5. The SMILES string of the molecule is Cc1ccc(C2=NCc3ccc(Nc4ccnc(N)n4)cc32)cc1C. The molecule has 0 fully saturated rings. The van der Waals surface area contributed by atoms with Crippen molar-refractivity contribution in [2.45, 2.75) is 20.4 Å². The molecule has 0 unspecified atom stereocenters. The number of fused-ring (bicyclic) bond motifs is 1. The van der Waals surface area contributed by atoms with Gasteiger partial charge in [0.15, 0.2) is 0 Å². The van der Waals surface area contributed by atoms with E-state index in [0.717, 1.165) is 29.1 Å². The van der Waals surface area contributed by atoms with Crippen LogP contribution in [-0.2, 0) is 6.54 Å². The molecule has 0 amide bonds. The van der Waals surface area contributed by atoms with Crippen molar-refractivity contribution in [1.29, 1.82) is 0 Å². The van der Waals surface area contributed by atoms with Gasteiger partial charge in [-0.1, -0.05) is 18.2 Å². The molecule has 0 aliphatic carbocycles. The Balaban J connectivity index is 1.68. The Bertz CT molecular complexity index is 991. The van der Waals surface area contributed by atoms with E-state index in [-0.39, 0.29) is 5.95 Å². The molecule has 5 heteroatoms. The van der Waals surface area contributed by atoms with Crippen LogP contribution in [-0.4, -0.2) is 15.7 Å². The monoisotopic (exact) mass is 329 g/mol. The van der Waals surface area contributed by atoms with Gasteiger partial charge in [-0.2, -0.15) is 4.98 Å². The van der Waals surface area contributed by atoms with Crippen LogP contribution in [0.1, 0.15) is 27.8 Å². The molecule has 3 N–H and O–H groups in total. The zero-order valence-corrected chi connectivity index (χ0v) is 14.2. The summed E-state index contributed by atoms with van der Waals surface area (Å²) in [6, 6.07) is 14.6. The molecule has 2 heterocycles. The van der Waals surface area contributed by atoms with Crippen LogP contribution < -0.4 is 11.1 Å². The van der Waals surface area contributed by atoms with E-state index in [0.29, 0.717) is 5.82 Å². The average Bonchev–Trinajstić information content (AvgIpc) is 3.01. The number of nitrogens with one attached hydrogen (secondary N) is 1. The van der Waals surface area contributed by atoms with E-state index in [1.165, 1.54) is 16.7 Å². The van der Waals surface area contributed by atoms with Gasteiger partial charge in [0.2, 0.25) is 5.95 Å². The van der Waals surface area contributed by atoms with Gasteiger partial charge in [-0.3, -0.25) is 4.99 Å². The highest BCUT2D eigenvalue weighted by atomic mass is 15.1. The number of hydrogen-bond donors (Lipinski definition) is 2. The van der Waals surface area contributed by atoms with Gasteiger partial charge in [0.1, 0.15) is 5.82 Å². The van der Waals surface area contributed by atoms with Crippen LogP contribution in [0.5, 0.6) is 0 Å². The van der Waals surface area contributed by atoms with Crippen molar-refractivity contribution in [2.24, 2.45) is 4.99 Å². The fraction of sp³-hybridized carbons (Fsp3) is 0.150. The van der Waals surface area contributed by atoms with Crippen LogP contribution in [0, 0.1) is 13.8 Å². The smallest absolute Gasteiger partial charge is 0.221 e. The maximum Gasteiger partial charge on any atom is 0.221 e. The van der Waals surface area contributed by atoms with Crippen LogP contribution >= 0.6 is 0 Å². The van der Waals surface area contributed by atoms with E-state index in [1.54, 1.807) is 12.3 Å². The quantitative estimate of drug-likeness (QED) is 0.767. The number of anilines is 3. The van der Waals surface area contributed by atoms with Crippen LogP contribution in [0.25, 0.3) is 0 Å². The Kier molecular flexibility index (Phi) is 3.69. The van der Waals surface area contributed by atoms with Crippen molar-refractivity contribution in [1.82, 2.24) is 9.97 Å². The van der Waals surface area contributed by atoms with E-state index in [4.69, 9.17) is 10.7 Å². The third kappa shape index (κ3) is 2.96. The van der Waals surface area contributed by atoms with Gasteiger partial charge in [0, 0.05) is 23.0 Å². The summed E-state index contributed by atoms with van der Waals surface area (Å²) in [6.45, 7) is 4.98. The van der Waals surface area contributed by atoms with Gasteiger partial charge in [-0.25, -0.2) is 4.98 Å². The Morgan fingerprint density at radius 3 is 2.68 bits per heavy atom. The topological polar surface area (TPSA) is 76.2 Å². The fourth-order valence-electron chi connectivity index (χ4n) is 2.99. The number of aromatic nitrogens is 2. The summed E-state index contributed by atoms with van der Waals surface area (Å²) in [5.74, 6) is 0.929. The Hall–Kier alpha value is -3.21. The summed E-state index contributed by atoms with van der Waals surface area (Å²) in [5.41, 5.74) is 13.8. The average molecular weight is 329 g/mol. The predicted octanol–water partition coefficient (Wildman–Crippen LogP) is 3.77. The predicted molar refractivity (Wildman–Crippen MR) is 101 cm³/mol. The number of aliphatic imine (C=N–C) groups is 1. The van der Waals surface area contributed by atoms with E-state index in [9.17, 15) is 0 Å². The molecule has 0 saturated heterocycles. The van der Waals surface area contributed by atoms with E-state index in [2.05, 4.69) is 59.5 Å². The van der Waals surface area contributed by atoms with Crippen molar-refractivity contribution >= 4 is 23.2 Å². The first-order valence-electron chi connectivity index (χ1n) is 8.21. The third-order valence-electron chi connectivity index (χ3n) is 4.50. The van der Waals surface area contributed by atoms with Gasteiger partial charge in [0.25, 0.3) is 0 Å². The normalized spacial score (nSPS) is 12.6. The number of nitrogens with two attached hydrogens (primary N) is 1. The van der Waals surface area contributed by atoms with Crippen LogP contribution in [0.15, 0.2) is 53.7 Å². The minimum absolute atomic E-state index is 0.253. The first-order chi connectivity index (χ1) is 12.1. The first kappa shape index (κ1) is 15.3. The highest BCUT2D eigenvalue weighted by Gasteiger charge is 2.18. The Labute approximate surface area is 146 Å². The van der Waals surface area contributed by atoms with Crippen molar-refractivity contribution in [3.63, 3.8) is 0 Å². The molecule has 0 spiro atoms. The fourth-order valence-corrected chi connectivity index (χ4v) is 2.99. The summed E-state index contributed by atoms with van der Waals surface area (Å²) >= 11 is 0. The van der Waals surface area contributed by atoms with E-state index in [1.807, 2.05) is 6.07 Å². The number of aryl methyl sites for hydroxylation is 2. The van der Waals surface area contributed by atoms with Crippen LogP contribution in [0.3, 0.4) is 0 Å². The maximum absolute atomic E-state index is 5.65. The molecule has 0 radical (unpaired) electrons. The molecule has 0 atom stereocenters. The molecule has 25 heavy (non-hydrogen) atoms. The van der Waals surface area contributed by atoms with Gasteiger partial charge < -0.3 is 11.1 Å². The zero-order chi connectivity index (χ0) is 17.4. The van der Waals surface area contributed by atoms with E-state index >= 15 is 0 Å². The van der Waals surface area contributed by atoms with Crippen LogP contribution in [0.4, 0.5) is 17.5 Å². The lowest BCUT2D eigenvalue weighted by Crippen LogP contribution is -2.04. The third-order valence-corrected chi connectivity index (χ3v) is 4.50. The second-order valence-corrected chi connectivity index (χ2v) is 6.26. The molecular weight excluding hydrogens is 310 g/mol. The largest absolute Gasteiger partial charge is 0.368 e. The molecule has 1 aliphatic rings. The number of rotatable bonds is 3. The second kappa shape index (κ2) is 6.02. The summed E-state index contributed by atoms with van der Waals surface area (Å²) in [5, 5.41) is 3.28. The maximum atomic E-state index is 5.65. The Morgan fingerprint density at radius 1 is 1.00 bits per heavy atom. The zero-order valence-electron chi connectivity index (χ0n) is 14.2. The minimum atomic E-state index is 0.253. The molecule has 1 aliphatic heterocycles. The molecule has 4 rings (SSSR count). The number of hydrogen-bond acceptors (Lipinski definition) is 5. The number of nitrogens with zero attached hydrogens (tertiary/aromatic N) is 3. The van der Waals surface area contributed by atoms with Crippen molar-refractivity contribution in [3.05, 3.63) is 76.5 Å². The highest BCUT2D eigenvalue weighted by Crippen LogP contribution is 2.28. The summed E-state index contributed by atoms with van der Waals surface area (Å²) in [7, 11) is 0. The summed E-state index contributed by atoms with van der Waals surface area (Å²) in [6.07, 6.45) is 1.64. The highest BCUT2D eigenvalue weighted by molar-refractivity contribution is 6.15. The summed E-state index contributed by atoms with van der Waals surface area (Å²) < 4.78 is 0.